The molecule has 1 fully saturated rings. The molecule has 138 valence electrons. The third-order valence-electron chi connectivity index (χ3n) is 4.93. The van der Waals surface area contributed by atoms with Crippen molar-refractivity contribution in [3.63, 3.8) is 0 Å². The number of benzene rings is 1. The number of ether oxygens (including phenoxy) is 2. The molecule has 2 heterocycles. The Hall–Kier alpha value is -1.95. The number of hydrogen-bond donors (Lipinski definition) is 1. The van der Waals surface area contributed by atoms with Crippen molar-refractivity contribution >= 4 is 28.6 Å². The molecule has 0 unspecified atom stereocenters. The summed E-state index contributed by atoms with van der Waals surface area (Å²) in [7, 11) is 0. The van der Waals surface area contributed by atoms with Crippen LogP contribution < -0.4 is 14.8 Å². The summed E-state index contributed by atoms with van der Waals surface area (Å²) in [5.41, 5.74) is 1.94. The van der Waals surface area contributed by atoms with E-state index in [2.05, 4.69) is 11.4 Å². The van der Waals surface area contributed by atoms with Gasteiger partial charge in [0.2, 0.25) is 5.91 Å². The van der Waals surface area contributed by atoms with Crippen molar-refractivity contribution in [2.45, 2.75) is 50.1 Å². The van der Waals surface area contributed by atoms with Crippen LogP contribution >= 0.6 is 11.8 Å². The van der Waals surface area contributed by atoms with E-state index in [1.165, 1.54) is 31.0 Å². The summed E-state index contributed by atoms with van der Waals surface area (Å²) in [6.45, 7) is 3.17. The number of nitrogens with one attached hydrogen (secondary N) is 1. The van der Waals surface area contributed by atoms with Gasteiger partial charge in [0.05, 0.1) is 11.3 Å². The first kappa shape index (κ1) is 17.5. The van der Waals surface area contributed by atoms with Crippen LogP contribution in [0.3, 0.4) is 0 Å². The molecule has 1 aromatic carbocycles. The van der Waals surface area contributed by atoms with E-state index in [9.17, 15) is 4.79 Å². The van der Waals surface area contributed by atoms with Crippen molar-refractivity contribution in [1.82, 2.24) is 10.3 Å². The van der Waals surface area contributed by atoms with Crippen LogP contribution in [0.1, 0.15) is 37.7 Å². The number of carbonyl (C=O) groups excluding carboxylic acids is 1. The highest BCUT2D eigenvalue weighted by Gasteiger charge is 2.17. The highest BCUT2D eigenvalue weighted by Crippen LogP contribution is 2.35. The fourth-order valence-corrected chi connectivity index (χ4v) is 4.40. The van der Waals surface area contributed by atoms with Gasteiger partial charge in [-0.25, -0.2) is 4.98 Å². The molecule has 1 aliphatic carbocycles. The molecule has 0 atom stereocenters. The lowest BCUT2D eigenvalue weighted by Gasteiger charge is -2.22. The Morgan fingerprint density at radius 2 is 1.88 bits per heavy atom. The molecule has 2 aromatic rings. The molecule has 1 aromatic heterocycles. The maximum atomic E-state index is 12.3. The molecule has 0 saturated heterocycles. The summed E-state index contributed by atoms with van der Waals surface area (Å²) in [6.07, 6.45) is 5.95. The van der Waals surface area contributed by atoms with Crippen molar-refractivity contribution in [2.24, 2.45) is 0 Å². The number of rotatable bonds is 4. The Morgan fingerprint density at radius 3 is 2.65 bits per heavy atom. The standard InChI is InChI=1S/C20H24N2O3S/c1-13-9-14-10-17-18(25-8-7-24-17)11-16(14)22-20(13)26-12-19(23)21-15-5-3-2-4-6-15/h9-11,15H,2-8,12H2,1H3,(H,21,23). The third kappa shape index (κ3) is 3.90. The normalized spacial score (nSPS) is 17.3. The monoisotopic (exact) mass is 372 g/mol. The van der Waals surface area contributed by atoms with Crippen molar-refractivity contribution in [3.05, 3.63) is 23.8 Å². The predicted molar refractivity (Wildman–Crippen MR) is 103 cm³/mol. The number of pyridine rings is 1. The molecule has 2 aliphatic rings. The summed E-state index contributed by atoms with van der Waals surface area (Å²) < 4.78 is 11.3. The van der Waals surface area contributed by atoms with E-state index in [1.54, 1.807) is 0 Å². The molecule has 6 heteroatoms. The average molecular weight is 372 g/mol. The molecular formula is C20H24N2O3S. The SMILES string of the molecule is Cc1cc2cc3c(cc2nc1SCC(=O)NC1CCCCC1)OCCO3. The molecule has 1 saturated carbocycles. The first-order valence-electron chi connectivity index (χ1n) is 9.32. The zero-order valence-corrected chi connectivity index (χ0v) is 15.9. The fourth-order valence-electron chi connectivity index (χ4n) is 3.60. The van der Waals surface area contributed by atoms with Crippen LogP contribution in [0.5, 0.6) is 11.5 Å². The Balaban J connectivity index is 1.45. The van der Waals surface area contributed by atoms with Crippen LogP contribution in [-0.4, -0.2) is 35.9 Å². The second-order valence-corrected chi connectivity index (χ2v) is 7.95. The first-order valence-corrected chi connectivity index (χ1v) is 10.3. The first-order chi connectivity index (χ1) is 12.7. The number of aromatic nitrogens is 1. The fraction of sp³-hybridized carbons (Fsp3) is 0.500. The van der Waals surface area contributed by atoms with Gasteiger partial charge in [-0.3, -0.25) is 4.79 Å². The molecule has 1 N–H and O–H groups in total. The summed E-state index contributed by atoms with van der Waals surface area (Å²) in [5, 5.41) is 5.09. The van der Waals surface area contributed by atoms with E-state index in [0.29, 0.717) is 25.0 Å². The lowest BCUT2D eigenvalue weighted by atomic mass is 9.95. The van der Waals surface area contributed by atoms with E-state index in [1.807, 2.05) is 19.1 Å². The van der Waals surface area contributed by atoms with Gasteiger partial charge in [-0.2, -0.15) is 0 Å². The van der Waals surface area contributed by atoms with Crippen LogP contribution in [0.4, 0.5) is 0 Å². The number of amides is 1. The van der Waals surface area contributed by atoms with Gasteiger partial charge in [0.25, 0.3) is 0 Å². The van der Waals surface area contributed by atoms with Gasteiger partial charge in [0.15, 0.2) is 11.5 Å². The van der Waals surface area contributed by atoms with E-state index < -0.39 is 0 Å². The summed E-state index contributed by atoms with van der Waals surface area (Å²) in [4.78, 5) is 17.0. The van der Waals surface area contributed by atoms with Crippen molar-refractivity contribution in [1.29, 1.82) is 0 Å². The number of carbonyl (C=O) groups is 1. The molecule has 5 nitrogen and oxygen atoms in total. The Labute approximate surface area is 157 Å². The van der Waals surface area contributed by atoms with Gasteiger partial charge in [-0.15, -0.1) is 0 Å². The quantitative estimate of drug-likeness (QED) is 0.826. The van der Waals surface area contributed by atoms with Gasteiger partial charge in [-0.05, 0) is 37.5 Å². The average Bonchev–Trinajstić information content (AvgIpc) is 2.65. The summed E-state index contributed by atoms with van der Waals surface area (Å²) in [5.74, 6) is 2.02. The zero-order valence-electron chi connectivity index (χ0n) is 15.0. The Bertz CT molecular complexity index is 818. The zero-order chi connectivity index (χ0) is 17.9. The molecule has 0 spiro atoms. The van der Waals surface area contributed by atoms with Crippen molar-refractivity contribution in [3.8, 4) is 11.5 Å². The summed E-state index contributed by atoms with van der Waals surface area (Å²) >= 11 is 1.50. The van der Waals surface area contributed by atoms with E-state index in [0.717, 1.165) is 45.8 Å². The van der Waals surface area contributed by atoms with E-state index >= 15 is 0 Å². The minimum absolute atomic E-state index is 0.102. The van der Waals surface area contributed by atoms with Crippen LogP contribution in [0.2, 0.25) is 0 Å². The number of hydrogen-bond acceptors (Lipinski definition) is 5. The lowest BCUT2D eigenvalue weighted by molar-refractivity contribution is -0.119. The van der Waals surface area contributed by atoms with Gasteiger partial charge in [0, 0.05) is 17.5 Å². The van der Waals surface area contributed by atoms with Gasteiger partial charge in [0.1, 0.15) is 18.2 Å². The second kappa shape index (κ2) is 7.74. The molecule has 4 rings (SSSR count). The maximum absolute atomic E-state index is 12.3. The number of thioether (sulfide) groups is 1. The Kier molecular flexibility index (Phi) is 5.20. The van der Waals surface area contributed by atoms with Crippen molar-refractivity contribution in [2.75, 3.05) is 19.0 Å². The van der Waals surface area contributed by atoms with E-state index in [4.69, 9.17) is 14.5 Å². The molecular weight excluding hydrogens is 348 g/mol. The summed E-state index contributed by atoms with van der Waals surface area (Å²) in [6, 6.07) is 6.36. The predicted octanol–water partition coefficient (Wildman–Crippen LogP) is 3.86. The molecule has 1 amide bonds. The minimum atomic E-state index is 0.102. The highest BCUT2D eigenvalue weighted by molar-refractivity contribution is 7.99. The number of fused-ring (bicyclic) bond motifs is 2. The van der Waals surface area contributed by atoms with Crippen LogP contribution in [0.15, 0.2) is 23.2 Å². The van der Waals surface area contributed by atoms with Gasteiger partial charge >= 0.3 is 0 Å². The van der Waals surface area contributed by atoms with Crippen LogP contribution in [0, 0.1) is 6.92 Å². The number of aryl methyl sites for hydroxylation is 1. The lowest BCUT2D eigenvalue weighted by Crippen LogP contribution is -2.37. The largest absolute Gasteiger partial charge is 0.486 e. The van der Waals surface area contributed by atoms with Crippen molar-refractivity contribution < 1.29 is 14.3 Å². The smallest absolute Gasteiger partial charge is 0.230 e. The van der Waals surface area contributed by atoms with Crippen LogP contribution in [-0.2, 0) is 4.79 Å². The minimum Gasteiger partial charge on any atom is -0.486 e. The highest BCUT2D eigenvalue weighted by atomic mass is 32.2. The number of nitrogens with zero attached hydrogens (tertiary/aromatic N) is 1. The second-order valence-electron chi connectivity index (χ2n) is 6.99. The maximum Gasteiger partial charge on any atom is 0.230 e. The molecule has 1 aliphatic heterocycles. The Morgan fingerprint density at radius 1 is 1.15 bits per heavy atom. The van der Waals surface area contributed by atoms with Crippen LogP contribution in [0.25, 0.3) is 10.9 Å². The third-order valence-corrected chi connectivity index (χ3v) is 6.03. The van der Waals surface area contributed by atoms with Gasteiger partial charge in [-0.1, -0.05) is 31.0 Å². The molecule has 0 radical (unpaired) electrons. The topological polar surface area (TPSA) is 60.5 Å². The van der Waals surface area contributed by atoms with Gasteiger partial charge < -0.3 is 14.8 Å². The van der Waals surface area contributed by atoms with E-state index in [-0.39, 0.29) is 5.91 Å². The molecule has 26 heavy (non-hydrogen) atoms. The molecule has 0 bridgehead atoms.